The Morgan fingerprint density at radius 1 is 0.971 bits per heavy atom. The molecule has 1 aliphatic carbocycles. The molecule has 2 radical (unpaired) electrons. The molecule has 34 heavy (non-hydrogen) atoms. The van der Waals surface area contributed by atoms with Crippen LogP contribution in [0.2, 0.25) is 0 Å². The van der Waals surface area contributed by atoms with Crippen molar-refractivity contribution in [2.45, 2.75) is 25.7 Å². The number of allylic oxidation sites excluding steroid dienone is 1. The summed E-state index contributed by atoms with van der Waals surface area (Å²) >= 11 is 0. The van der Waals surface area contributed by atoms with Crippen molar-refractivity contribution in [1.82, 2.24) is 0 Å². The minimum atomic E-state index is 0.318. The van der Waals surface area contributed by atoms with Gasteiger partial charge in [0.1, 0.15) is 26.8 Å². The summed E-state index contributed by atoms with van der Waals surface area (Å²) in [5, 5.41) is 0. The van der Waals surface area contributed by atoms with Crippen molar-refractivity contribution in [3.8, 4) is 18.1 Å². The molecule has 1 aliphatic heterocycles. The average Bonchev–Trinajstić information content (AvgIpc) is 2.83. The Morgan fingerprint density at radius 3 is 2.15 bits per heavy atom. The monoisotopic (exact) mass is 467 g/mol. The number of nitrogens with zero attached hydrogens (tertiary/aromatic N) is 1. The Kier molecular flexibility index (Phi) is 11.3. The second-order valence-corrected chi connectivity index (χ2v) is 9.14. The average molecular weight is 467 g/mol. The quantitative estimate of drug-likeness (QED) is 0.211. The number of piperidine rings is 1. The summed E-state index contributed by atoms with van der Waals surface area (Å²) in [5.74, 6) is 3.78. The van der Waals surface area contributed by atoms with Crippen LogP contribution < -0.4 is 9.64 Å². The Hall–Kier alpha value is -1.98. The van der Waals surface area contributed by atoms with E-state index in [1.165, 1.54) is 31.4 Å². The standard InChI is InChI=1S/C27H38BNO5/c1-3-11-30-12-13-31-14-15-32-16-17-33-18-19-34-26-7-5-25(6-8-26)29-10-4-9-27(22-29)20-24(21-27)23(2)28/h1,5-8,24H,2,4,9-22H2. The van der Waals surface area contributed by atoms with Crippen molar-refractivity contribution in [3.63, 3.8) is 0 Å². The van der Waals surface area contributed by atoms with E-state index in [0.717, 1.165) is 24.3 Å². The van der Waals surface area contributed by atoms with Crippen molar-refractivity contribution in [1.29, 1.82) is 0 Å². The second kappa shape index (κ2) is 14.4. The Bertz CT molecular complexity index is 772. The molecule has 2 aliphatic rings. The SMILES string of the molecule is [B]C(=C)C1CC2(CCCN(c3ccc(OCCOCCOCCOCCOCC#C)cc3)C2)C1. The number of hydrogen-bond donors (Lipinski definition) is 0. The van der Waals surface area contributed by atoms with Crippen molar-refractivity contribution in [2.75, 3.05) is 77.5 Å². The molecule has 3 rings (SSSR count). The lowest BCUT2D eigenvalue weighted by molar-refractivity contribution is -0.00187. The number of benzene rings is 1. The second-order valence-electron chi connectivity index (χ2n) is 9.14. The third kappa shape index (κ3) is 8.67. The maximum Gasteiger partial charge on any atom is 0.119 e. The summed E-state index contributed by atoms with van der Waals surface area (Å²) in [5.41, 5.74) is 2.54. The number of anilines is 1. The molecule has 1 heterocycles. The van der Waals surface area contributed by atoms with Crippen LogP contribution in [-0.4, -0.2) is 80.4 Å². The van der Waals surface area contributed by atoms with Gasteiger partial charge in [-0.1, -0.05) is 5.92 Å². The fourth-order valence-electron chi connectivity index (χ4n) is 4.77. The van der Waals surface area contributed by atoms with E-state index >= 15 is 0 Å². The molecule has 1 saturated heterocycles. The van der Waals surface area contributed by atoms with E-state index in [2.05, 4.69) is 29.5 Å². The van der Waals surface area contributed by atoms with E-state index in [1.807, 2.05) is 12.1 Å². The van der Waals surface area contributed by atoms with Gasteiger partial charge in [0.15, 0.2) is 0 Å². The molecule has 0 N–H and O–H groups in total. The summed E-state index contributed by atoms with van der Waals surface area (Å²) in [6.45, 7) is 10.6. The molecule has 6 nitrogen and oxygen atoms in total. The summed E-state index contributed by atoms with van der Waals surface area (Å²) in [6.07, 6.45) is 9.99. The molecular weight excluding hydrogens is 429 g/mol. The molecule has 1 aromatic carbocycles. The van der Waals surface area contributed by atoms with Gasteiger partial charge >= 0.3 is 0 Å². The first-order valence-corrected chi connectivity index (χ1v) is 12.3. The zero-order chi connectivity index (χ0) is 24.1. The third-order valence-corrected chi connectivity index (χ3v) is 6.54. The lowest BCUT2D eigenvalue weighted by Gasteiger charge is -2.54. The van der Waals surface area contributed by atoms with Gasteiger partial charge in [0.05, 0.1) is 46.2 Å². The van der Waals surface area contributed by atoms with Crippen LogP contribution in [0.1, 0.15) is 25.7 Å². The highest BCUT2D eigenvalue weighted by molar-refractivity contribution is 6.21. The molecule has 1 aromatic rings. The molecular formula is C27H38BNO5. The van der Waals surface area contributed by atoms with Crippen LogP contribution >= 0.6 is 0 Å². The highest BCUT2D eigenvalue weighted by Gasteiger charge is 2.46. The Morgan fingerprint density at radius 2 is 1.56 bits per heavy atom. The lowest BCUT2D eigenvalue weighted by Crippen LogP contribution is -2.50. The van der Waals surface area contributed by atoms with E-state index in [0.29, 0.717) is 70.8 Å². The van der Waals surface area contributed by atoms with Gasteiger partial charge < -0.3 is 28.6 Å². The topological polar surface area (TPSA) is 49.4 Å². The van der Waals surface area contributed by atoms with Crippen molar-refractivity contribution < 1.29 is 23.7 Å². The van der Waals surface area contributed by atoms with Gasteiger partial charge in [-0.3, -0.25) is 0 Å². The van der Waals surface area contributed by atoms with Crippen LogP contribution in [0.25, 0.3) is 0 Å². The van der Waals surface area contributed by atoms with Crippen LogP contribution in [0.4, 0.5) is 5.69 Å². The van der Waals surface area contributed by atoms with Gasteiger partial charge in [-0.2, -0.15) is 0 Å². The maximum atomic E-state index is 5.91. The van der Waals surface area contributed by atoms with Crippen LogP contribution in [-0.2, 0) is 18.9 Å². The number of ether oxygens (including phenoxy) is 5. The molecule has 0 bridgehead atoms. The van der Waals surface area contributed by atoms with E-state index in [9.17, 15) is 0 Å². The number of terminal acetylenes is 1. The molecule has 2 fully saturated rings. The van der Waals surface area contributed by atoms with Gasteiger partial charge in [-0.15, -0.1) is 18.5 Å². The van der Waals surface area contributed by atoms with E-state index < -0.39 is 0 Å². The van der Waals surface area contributed by atoms with E-state index in [4.69, 9.17) is 38.0 Å². The van der Waals surface area contributed by atoms with Crippen LogP contribution in [0.3, 0.4) is 0 Å². The number of hydrogen-bond acceptors (Lipinski definition) is 6. The molecule has 0 amide bonds. The van der Waals surface area contributed by atoms with Crippen molar-refractivity contribution in [2.24, 2.45) is 11.3 Å². The van der Waals surface area contributed by atoms with Crippen LogP contribution in [0, 0.1) is 23.7 Å². The van der Waals surface area contributed by atoms with E-state index in [1.54, 1.807) is 0 Å². The molecule has 0 aromatic heterocycles. The highest BCUT2D eigenvalue weighted by Crippen LogP contribution is 2.53. The summed E-state index contributed by atoms with van der Waals surface area (Å²) in [6, 6.07) is 8.40. The summed E-state index contributed by atoms with van der Waals surface area (Å²) in [4.78, 5) is 2.50. The molecule has 1 saturated carbocycles. The minimum Gasteiger partial charge on any atom is -0.491 e. The minimum absolute atomic E-state index is 0.318. The first-order chi connectivity index (χ1) is 16.6. The van der Waals surface area contributed by atoms with Crippen LogP contribution in [0.15, 0.2) is 36.3 Å². The highest BCUT2D eigenvalue weighted by atomic mass is 16.6. The number of rotatable bonds is 16. The van der Waals surface area contributed by atoms with E-state index in [-0.39, 0.29) is 0 Å². The fraction of sp³-hybridized carbons (Fsp3) is 0.630. The summed E-state index contributed by atoms with van der Waals surface area (Å²) < 4.78 is 27.3. The molecule has 7 heteroatoms. The summed E-state index contributed by atoms with van der Waals surface area (Å²) in [7, 11) is 5.91. The predicted octanol–water partition coefficient (Wildman–Crippen LogP) is 3.44. The smallest absolute Gasteiger partial charge is 0.119 e. The molecule has 0 unspecified atom stereocenters. The maximum absolute atomic E-state index is 5.91. The van der Waals surface area contributed by atoms with Gasteiger partial charge in [0.2, 0.25) is 0 Å². The van der Waals surface area contributed by atoms with Gasteiger partial charge in [0, 0.05) is 18.8 Å². The first kappa shape index (κ1) is 26.6. The predicted molar refractivity (Wildman–Crippen MR) is 136 cm³/mol. The normalized spacial score (nSPS) is 21.7. The van der Waals surface area contributed by atoms with Crippen molar-refractivity contribution in [3.05, 3.63) is 36.3 Å². The zero-order valence-corrected chi connectivity index (χ0v) is 20.3. The molecule has 1 spiro atoms. The van der Waals surface area contributed by atoms with Gasteiger partial charge in [-0.05, 0) is 61.3 Å². The van der Waals surface area contributed by atoms with Crippen LogP contribution in [0.5, 0.6) is 5.75 Å². The largest absolute Gasteiger partial charge is 0.491 e. The van der Waals surface area contributed by atoms with Gasteiger partial charge in [0.25, 0.3) is 0 Å². The molecule has 0 atom stereocenters. The Labute approximate surface area is 206 Å². The van der Waals surface area contributed by atoms with Crippen molar-refractivity contribution >= 4 is 13.5 Å². The lowest BCUT2D eigenvalue weighted by atomic mass is 9.54. The molecule has 184 valence electrons. The fourth-order valence-corrected chi connectivity index (χ4v) is 4.77. The third-order valence-electron chi connectivity index (χ3n) is 6.54. The Balaban J connectivity index is 1.20. The first-order valence-electron chi connectivity index (χ1n) is 12.3. The zero-order valence-electron chi connectivity index (χ0n) is 20.3. The van der Waals surface area contributed by atoms with Gasteiger partial charge in [-0.25, -0.2) is 0 Å².